The van der Waals surface area contributed by atoms with E-state index < -0.39 is 11.6 Å². The molecule has 2 heterocycles. The summed E-state index contributed by atoms with van der Waals surface area (Å²) >= 11 is 0. The van der Waals surface area contributed by atoms with Crippen LogP contribution >= 0.6 is 0 Å². The van der Waals surface area contributed by atoms with Gasteiger partial charge in [-0.25, -0.2) is 4.79 Å². The molecule has 0 amide bonds. The van der Waals surface area contributed by atoms with E-state index in [1.165, 1.54) is 12.8 Å². The molecule has 2 N–H and O–H groups in total. The van der Waals surface area contributed by atoms with Crippen LogP contribution in [0.4, 0.5) is 0 Å². The number of quaternary nitrogens is 1. The van der Waals surface area contributed by atoms with Crippen LogP contribution in [0.15, 0.2) is 60.7 Å². The minimum atomic E-state index is -1.78. The smallest absolute Gasteiger partial charge is 0.347 e. The molecule has 2 aliphatic rings. The number of benzene rings is 2. The van der Waals surface area contributed by atoms with Crippen molar-refractivity contribution in [2.75, 3.05) is 7.05 Å². The van der Waals surface area contributed by atoms with Gasteiger partial charge in [-0.3, -0.25) is 0 Å². The van der Waals surface area contributed by atoms with Gasteiger partial charge in [-0.1, -0.05) is 60.7 Å². The van der Waals surface area contributed by atoms with Crippen LogP contribution in [-0.4, -0.2) is 36.3 Å². The van der Waals surface area contributed by atoms with E-state index >= 15 is 0 Å². The second-order valence-electron chi connectivity index (χ2n) is 7.66. The molecule has 2 fully saturated rings. The number of fused-ring (bicyclic) bond motifs is 2. The minimum Gasteiger partial charge on any atom is -0.459 e. The van der Waals surface area contributed by atoms with Gasteiger partial charge in [-0.05, 0) is 11.1 Å². The van der Waals surface area contributed by atoms with Crippen LogP contribution in [0.3, 0.4) is 0 Å². The first-order valence-corrected chi connectivity index (χ1v) is 9.47. The van der Waals surface area contributed by atoms with Gasteiger partial charge in [0.05, 0.1) is 19.1 Å². The molecule has 2 aromatic carbocycles. The molecule has 0 aromatic heterocycles. The molecule has 0 radical (unpaired) electrons. The van der Waals surface area contributed by atoms with Gasteiger partial charge in [0.15, 0.2) is 0 Å². The molecule has 2 saturated heterocycles. The first-order valence-electron chi connectivity index (χ1n) is 9.47. The molecule has 2 unspecified atom stereocenters. The first kappa shape index (κ1) is 17.3. The summed E-state index contributed by atoms with van der Waals surface area (Å²) < 4.78 is 5.89. The summed E-state index contributed by atoms with van der Waals surface area (Å²) in [6, 6.07) is 19.3. The molecule has 4 heteroatoms. The summed E-state index contributed by atoms with van der Waals surface area (Å²) in [6.07, 6.45) is 4.06. The number of rotatable bonds is 4. The maximum absolute atomic E-state index is 13.2. The quantitative estimate of drug-likeness (QED) is 0.823. The molecular formula is C22H26NO3+. The Morgan fingerprint density at radius 2 is 1.42 bits per heavy atom. The summed E-state index contributed by atoms with van der Waals surface area (Å²) in [5.74, 6) is -0.571. The molecule has 2 aliphatic heterocycles. The second kappa shape index (κ2) is 6.86. The summed E-state index contributed by atoms with van der Waals surface area (Å²) in [5.41, 5.74) is -0.701. The zero-order valence-corrected chi connectivity index (χ0v) is 15.1. The van der Waals surface area contributed by atoms with Crippen molar-refractivity contribution >= 4 is 5.97 Å². The maximum Gasteiger partial charge on any atom is 0.347 e. The van der Waals surface area contributed by atoms with Gasteiger partial charge in [0, 0.05) is 25.7 Å². The van der Waals surface area contributed by atoms with Crippen molar-refractivity contribution < 1.29 is 19.5 Å². The lowest BCUT2D eigenvalue weighted by Gasteiger charge is -2.35. The number of nitrogens with one attached hydrogen (secondary N) is 1. The van der Waals surface area contributed by atoms with Gasteiger partial charge < -0.3 is 14.7 Å². The van der Waals surface area contributed by atoms with Gasteiger partial charge in [0.25, 0.3) is 0 Å². The van der Waals surface area contributed by atoms with Crippen LogP contribution in [-0.2, 0) is 15.1 Å². The number of hydrogen-bond acceptors (Lipinski definition) is 3. The summed E-state index contributed by atoms with van der Waals surface area (Å²) in [7, 11) is 2.24. The highest BCUT2D eigenvalue weighted by Gasteiger charge is 2.47. The molecule has 2 atom stereocenters. The predicted octanol–water partition coefficient (Wildman–Crippen LogP) is 1.67. The van der Waals surface area contributed by atoms with Gasteiger partial charge in [-0.2, -0.15) is 0 Å². The number of hydrogen-bond donors (Lipinski definition) is 2. The molecule has 0 saturated carbocycles. The zero-order valence-electron chi connectivity index (χ0n) is 15.1. The van der Waals surface area contributed by atoms with Crippen molar-refractivity contribution in [3.63, 3.8) is 0 Å². The van der Waals surface area contributed by atoms with E-state index in [9.17, 15) is 9.90 Å². The van der Waals surface area contributed by atoms with Crippen molar-refractivity contribution in [3.05, 3.63) is 71.8 Å². The molecule has 2 bridgehead atoms. The largest absolute Gasteiger partial charge is 0.459 e. The maximum atomic E-state index is 13.2. The Kier molecular flexibility index (Phi) is 4.55. The average Bonchev–Trinajstić information content (AvgIpc) is 2.89. The zero-order chi connectivity index (χ0) is 18.1. The Labute approximate surface area is 154 Å². The van der Waals surface area contributed by atoms with Crippen molar-refractivity contribution in [3.8, 4) is 0 Å². The predicted molar refractivity (Wildman–Crippen MR) is 98.7 cm³/mol. The molecule has 0 spiro atoms. The summed E-state index contributed by atoms with van der Waals surface area (Å²) in [4.78, 5) is 14.7. The standard InChI is InChI=1S/C22H25NO3/c1-23-18-12-13-19(23)15-20(14-18)26-21(24)22(25,16-8-4-2-5-9-16)17-10-6-3-7-11-17/h2-11,18-20,25H,12-15H2,1H3/p+1. The highest BCUT2D eigenvalue weighted by Crippen LogP contribution is 2.33. The normalized spacial score (nSPS) is 27.9. The molecule has 4 nitrogen and oxygen atoms in total. The van der Waals surface area contributed by atoms with E-state index in [1.807, 2.05) is 36.4 Å². The van der Waals surface area contributed by atoms with E-state index in [1.54, 1.807) is 29.2 Å². The van der Waals surface area contributed by atoms with E-state index in [4.69, 9.17) is 4.74 Å². The van der Waals surface area contributed by atoms with Crippen LogP contribution in [0.5, 0.6) is 0 Å². The third-order valence-electron chi connectivity index (χ3n) is 6.20. The van der Waals surface area contributed by atoms with Gasteiger partial charge in [0.2, 0.25) is 5.60 Å². The fourth-order valence-corrected chi connectivity index (χ4v) is 4.62. The molecule has 4 rings (SSSR count). The average molecular weight is 352 g/mol. The fourth-order valence-electron chi connectivity index (χ4n) is 4.62. The van der Waals surface area contributed by atoms with Crippen molar-refractivity contribution in [2.24, 2.45) is 0 Å². The summed E-state index contributed by atoms with van der Waals surface area (Å²) in [5, 5.41) is 11.5. The van der Waals surface area contributed by atoms with Gasteiger partial charge in [0.1, 0.15) is 6.10 Å². The Hall–Kier alpha value is -2.17. The van der Waals surface area contributed by atoms with E-state index in [0.29, 0.717) is 23.2 Å². The number of ether oxygens (including phenoxy) is 1. The fraction of sp³-hybridized carbons (Fsp3) is 0.409. The number of aliphatic hydroxyl groups is 1. The molecule has 2 aromatic rings. The van der Waals surface area contributed by atoms with Crippen LogP contribution in [0.1, 0.15) is 36.8 Å². The number of esters is 1. The third kappa shape index (κ3) is 2.93. The lowest BCUT2D eigenvalue weighted by atomic mass is 9.86. The highest BCUT2D eigenvalue weighted by atomic mass is 16.6. The summed E-state index contributed by atoms with van der Waals surface area (Å²) in [6.45, 7) is 0. The topological polar surface area (TPSA) is 51.0 Å². The van der Waals surface area contributed by atoms with Crippen molar-refractivity contribution in [1.29, 1.82) is 0 Å². The lowest BCUT2D eigenvalue weighted by Crippen LogP contribution is -3.15. The van der Waals surface area contributed by atoms with Gasteiger partial charge >= 0.3 is 5.97 Å². The Bertz CT molecular complexity index is 708. The Morgan fingerprint density at radius 1 is 0.962 bits per heavy atom. The minimum absolute atomic E-state index is 0.109. The first-order chi connectivity index (χ1) is 12.6. The molecule has 26 heavy (non-hydrogen) atoms. The van der Waals surface area contributed by atoms with Crippen molar-refractivity contribution in [1.82, 2.24) is 0 Å². The number of piperidine rings is 1. The van der Waals surface area contributed by atoms with Crippen LogP contribution in [0.2, 0.25) is 0 Å². The Morgan fingerprint density at radius 3 is 1.88 bits per heavy atom. The molecule has 136 valence electrons. The van der Waals surface area contributed by atoms with Crippen molar-refractivity contribution in [2.45, 2.75) is 49.5 Å². The number of carbonyl (C=O) groups is 1. The third-order valence-corrected chi connectivity index (χ3v) is 6.20. The van der Waals surface area contributed by atoms with Crippen LogP contribution in [0.25, 0.3) is 0 Å². The van der Waals surface area contributed by atoms with Crippen LogP contribution in [0, 0.1) is 0 Å². The van der Waals surface area contributed by atoms with E-state index in [-0.39, 0.29) is 6.10 Å². The number of carbonyl (C=O) groups excluding carboxylic acids is 1. The van der Waals surface area contributed by atoms with E-state index in [0.717, 1.165) is 12.8 Å². The second-order valence-corrected chi connectivity index (χ2v) is 7.66. The Balaban J connectivity index is 1.61. The van der Waals surface area contributed by atoms with Gasteiger partial charge in [-0.15, -0.1) is 0 Å². The molecule has 0 aliphatic carbocycles. The van der Waals surface area contributed by atoms with E-state index in [2.05, 4.69) is 7.05 Å². The molecular weight excluding hydrogens is 326 g/mol. The SMILES string of the molecule is C[NH+]1C2CCC1CC(OC(=O)C(O)(c1ccccc1)c1ccccc1)C2. The monoisotopic (exact) mass is 352 g/mol. The lowest BCUT2D eigenvalue weighted by molar-refractivity contribution is -0.923. The van der Waals surface area contributed by atoms with Crippen LogP contribution < -0.4 is 4.90 Å². The highest BCUT2D eigenvalue weighted by molar-refractivity contribution is 5.85.